The van der Waals surface area contributed by atoms with Gasteiger partial charge in [0.05, 0.1) is 30.8 Å². The van der Waals surface area contributed by atoms with Crippen LogP contribution in [0.2, 0.25) is 5.02 Å². The second-order valence-corrected chi connectivity index (χ2v) is 18.5. The van der Waals surface area contributed by atoms with Crippen LogP contribution in [0.3, 0.4) is 0 Å². The van der Waals surface area contributed by atoms with E-state index in [-0.39, 0.29) is 28.6 Å². The summed E-state index contributed by atoms with van der Waals surface area (Å²) in [6.45, 7) is 6.42. The van der Waals surface area contributed by atoms with E-state index >= 15 is 0 Å². The maximum atomic E-state index is 14.6. The van der Waals surface area contributed by atoms with Crippen LogP contribution >= 0.6 is 11.6 Å². The molecule has 4 heterocycles. The first-order valence-electron chi connectivity index (χ1n) is 18.5. The van der Waals surface area contributed by atoms with Gasteiger partial charge in [0, 0.05) is 61.3 Å². The molecule has 0 radical (unpaired) electrons. The van der Waals surface area contributed by atoms with E-state index in [1.807, 2.05) is 25.1 Å². The van der Waals surface area contributed by atoms with Crippen LogP contribution < -0.4 is 14.4 Å². The van der Waals surface area contributed by atoms with Crippen molar-refractivity contribution >= 4 is 39.1 Å². The fourth-order valence-electron chi connectivity index (χ4n) is 9.37. The standard InChI is InChI=1S/C39H49ClN4O6S/c1-26-5-3-7-34(48-2)31-11-8-29(31)19-43-23-39(14-4-6-27-17-30(40)10-12-32(27)39)25-50-35-13-9-28(18-33(35)43)36(45)41-51(47,20-26)42-37(46)44-21-38(22-44)15-16-49-24-38/h3,7,9-10,12-13,17-18,26,29,31,34H,4-6,8,11,14-16,19-25H2,1-2H3,(H,41,42,45,46,47)/b7-3+/t26-,29-,31+,34-,39-,51-/m0/s1. The highest BCUT2D eigenvalue weighted by molar-refractivity contribution is 7.92. The lowest BCUT2D eigenvalue weighted by molar-refractivity contribution is 0.0131. The van der Waals surface area contributed by atoms with Crippen molar-refractivity contribution in [1.29, 1.82) is 0 Å². The van der Waals surface area contributed by atoms with Crippen molar-refractivity contribution in [3.05, 3.63) is 70.3 Å². The third-order valence-corrected chi connectivity index (χ3v) is 14.5. The Bertz CT molecular complexity index is 1850. The van der Waals surface area contributed by atoms with Crippen LogP contribution in [0.1, 0.15) is 66.9 Å². The minimum atomic E-state index is -3.47. The SMILES string of the molecule is CO[C@H]1/C=C/C[C@H](C)C[S@@](=O)(NC(=O)N2CC3(CCOC3)C2)=NC(=O)c2ccc3c(c2)N(C[C@@H]2CC[C@H]21)C[C@@]1(CCCc2cc(Cl)ccc21)CO3. The monoisotopic (exact) mass is 736 g/mol. The highest BCUT2D eigenvalue weighted by Gasteiger charge is 2.48. The van der Waals surface area contributed by atoms with Crippen molar-refractivity contribution in [3.63, 3.8) is 0 Å². The molecular weight excluding hydrogens is 688 g/mol. The number of urea groups is 1. The van der Waals surface area contributed by atoms with Crippen molar-refractivity contribution in [2.24, 2.45) is 27.5 Å². The highest BCUT2D eigenvalue weighted by Crippen LogP contribution is 2.47. The minimum absolute atomic E-state index is 0.0211. The average Bonchev–Trinajstić information content (AvgIpc) is 3.52. The van der Waals surface area contributed by atoms with E-state index in [1.54, 1.807) is 18.1 Å². The van der Waals surface area contributed by atoms with Crippen LogP contribution in [0.15, 0.2) is 52.9 Å². The molecule has 274 valence electrons. The summed E-state index contributed by atoms with van der Waals surface area (Å²) in [5.74, 6) is 0.793. The number of carbonyl (C=O) groups is 2. The van der Waals surface area contributed by atoms with Gasteiger partial charge >= 0.3 is 6.03 Å². The van der Waals surface area contributed by atoms with Gasteiger partial charge in [0.25, 0.3) is 5.91 Å². The van der Waals surface area contributed by atoms with Gasteiger partial charge in [-0.3, -0.25) is 9.52 Å². The van der Waals surface area contributed by atoms with E-state index < -0.39 is 21.9 Å². The number of amides is 3. The Hall–Kier alpha value is -3.12. The summed E-state index contributed by atoms with van der Waals surface area (Å²) in [4.78, 5) is 31.5. The maximum Gasteiger partial charge on any atom is 0.329 e. The molecule has 0 aromatic heterocycles. The molecule has 6 atom stereocenters. The summed E-state index contributed by atoms with van der Waals surface area (Å²) < 4.78 is 39.9. The molecule has 10 nitrogen and oxygen atoms in total. The number of nitrogens with zero attached hydrogens (tertiary/aromatic N) is 3. The highest BCUT2D eigenvalue weighted by atomic mass is 35.5. The van der Waals surface area contributed by atoms with Crippen molar-refractivity contribution in [1.82, 2.24) is 9.62 Å². The van der Waals surface area contributed by atoms with Crippen molar-refractivity contribution in [2.75, 3.05) is 63.8 Å². The molecule has 1 N–H and O–H groups in total. The fourth-order valence-corrected chi connectivity index (χ4v) is 11.5. The van der Waals surface area contributed by atoms with E-state index in [0.29, 0.717) is 56.7 Å². The Morgan fingerprint density at radius 1 is 1.12 bits per heavy atom. The van der Waals surface area contributed by atoms with Crippen LogP contribution in [-0.4, -0.2) is 86.0 Å². The van der Waals surface area contributed by atoms with Gasteiger partial charge in [0.15, 0.2) is 0 Å². The smallest absolute Gasteiger partial charge is 0.329 e. The van der Waals surface area contributed by atoms with Gasteiger partial charge < -0.3 is 24.0 Å². The van der Waals surface area contributed by atoms with Gasteiger partial charge in [-0.25, -0.2) is 9.00 Å². The summed E-state index contributed by atoms with van der Waals surface area (Å²) in [7, 11) is -1.69. The molecule has 6 aliphatic rings. The number of nitrogens with one attached hydrogen (secondary N) is 1. The van der Waals surface area contributed by atoms with Crippen LogP contribution in [0.5, 0.6) is 5.75 Å². The molecule has 2 bridgehead atoms. The number of allylic oxidation sites excluding steroid dienone is 1. The zero-order valence-corrected chi connectivity index (χ0v) is 31.2. The van der Waals surface area contributed by atoms with Crippen LogP contribution in [0, 0.1) is 23.2 Å². The van der Waals surface area contributed by atoms with Gasteiger partial charge in [-0.2, -0.15) is 0 Å². The molecule has 1 saturated carbocycles. The molecule has 3 fully saturated rings. The number of anilines is 1. The molecular formula is C39H49ClN4O6S. The van der Waals surface area contributed by atoms with Crippen molar-refractivity contribution < 1.29 is 28.0 Å². The lowest BCUT2D eigenvalue weighted by Crippen LogP contribution is -2.61. The molecule has 2 aromatic rings. The number of fused-ring (bicyclic) bond motifs is 4. The molecule has 8 rings (SSSR count). The lowest BCUT2D eigenvalue weighted by Gasteiger charge is -2.46. The maximum absolute atomic E-state index is 14.6. The number of aryl methyl sites for hydroxylation is 1. The number of hydrogen-bond donors (Lipinski definition) is 1. The van der Waals surface area contributed by atoms with E-state index in [1.165, 1.54) is 11.1 Å². The average molecular weight is 737 g/mol. The van der Waals surface area contributed by atoms with Crippen LogP contribution in [0.4, 0.5) is 10.5 Å². The van der Waals surface area contributed by atoms with E-state index in [0.717, 1.165) is 68.1 Å². The Labute approximate surface area is 306 Å². The summed E-state index contributed by atoms with van der Waals surface area (Å²) in [6, 6.07) is 11.2. The molecule has 2 aromatic carbocycles. The molecule has 2 saturated heterocycles. The third-order valence-electron chi connectivity index (χ3n) is 12.3. The Kier molecular flexibility index (Phi) is 9.38. The second-order valence-electron chi connectivity index (χ2n) is 16.0. The third kappa shape index (κ3) is 6.80. The number of halogens is 1. The molecule has 2 spiro atoms. The number of likely N-dealkylation sites (tertiary alicyclic amines) is 1. The number of ether oxygens (including phenoxy) is 3. The van der Waals surface area contributed by atoms with Gasteiger partial charge in [-0.05, 0) is 104 Å². The zero-order chi connectivity index (χ0) is 35.4. The quantitative estimate of drug-likeness (QED) is 0.355. The molecule has 12 heteroatoms. The topological polar surface area (TPSA) is 110 Å². The number of methoxy groups -OCH3 is 1. The predicted molar refractivity (Wildman–Crippen MR) is 198 cm³/mol. The number of carbonyl (C=O) groups excluding carboxylic acids is 2. The first-order chi connectivity index (χ1) is 24.6. The first-order valence-corrected chi connectivity index (χ1v) is 20.6. The summed E-state index contributed by atoms with van der Waals surface area (Å²) >= 11 is 6.46. The van der Waals surface area contributed by atoms with Crippen LogP contribution in [0.25, 0.3) is 0 Å². The van der Waals surface area contributed by atoms with Gasteiger partial charge in [-0.1, -0.05) is 36.7 Å². The molecule has 4 aliphatic heterocycles. The van der Waals surface area contributed by atoms with Crippen LogP contribution in [-0.2, 0) is 31.2 Å². The van der Waals surface area contributed by atoms with Gasteiger partial charge in [-0.15, -0.1) is 4.36 Å². The molecule has 3 amide bonds. The Morgan fingerprint density at radius 2 is 1.98 bits per heavy atom. The summed E-state index contributed by atoms with van der Waals surface area (Å²) in [5.41, 5.74) is 3.44. The van der Waals surface area contributed by atoms with E-state index in [4.69, 9.17) is 25.8 Å². The number of hydrogen-bond acceptors (Lipinski definition) is 7. The fraction of sp³-hybridized carbons (Fsp3) is 0.590. The normalized spacial score (nSPS) is 33.5. The molecule has 51 heavy (non-hydrogen) atoms. The molecule has 2 aliphatic carbocycles. The van der Waals surface area contributed by atoms with Crippen molar-refractivity contribution in [3.8, 4) is 5.75 Å². The van der Waals surface area contributed by atoms with Crippen molar-refractivity contribution in [2.45, 2.75) is 63.4 Å². The lowest BCUT2D eigenvalue weighted by atomic mass is 9.68. The Morgan fingerprint density at radius 3 is 2.75 bits per heavy atom. The minimum Gasteiger partial charge on any atom is -0.490 e. The summed E-state index contributed by atoms with van der Waals surface area (Å²) in [5, 5.41) is 0.746. The first kappa shape index (κ1) is 34.9. The van der Waals surface area contributed by atoms with E-state index in [9.17, 15) is 13.8 Å². The number of rotatable bonds is 2. The predicted octanol–water partition coefficient (Wildman–Crippen LogP) is 6.41. The Balaban J connectivity index is 1.16. The number of benzene rings is 2. The van der Waals surface area contributed by atoms with Gasteiger partial charge in [0.1, 0.15) is 15.7 Å². The van der Waals surface area contributed by atoms with Gasteiger partial charge in [0.2, 0.25) is 0 Å². The second kappa shape index (κ2) is 13.7. The van der Waals surface area contributed by atoms with E-state index in [2.05, 4.69) is 38.3 Å². The zero-order valence-electron chi connectivity index (χ0n) is 29.6. The summed E-state index contributed by atoms with van der Waals surface area (Å²) in [6.07, 6.45) is 10.9. The largest absolute Gasteiger partial charge is 0.490 e. The molecule has 0 unspecified atom stereocenters.